The normalized spacial score (nSPS) is 11.9. The Bertz CT molecular complexity index is 460. The van der Waals surface area contributed by atoms with Crippen molar-refractivity contribution in [1.29, 1.82) is 0 Å². The molecule has 0 amide bonds. The lowest BCUT2D eigenvalue weighted by atomic mass is 10.1. The van der Waals surface area contributed by atoms with Crippen molar-refractivity contribution in [3.8, 4) is 18.1 Å². The highest BCUT2D eigenvalue weighted by Gasteiger charge is 2.09. The minimum absolute atomic E-state index is 0.217. The Balaban J connectivity index is 2.63. The first-order valence-corrected chi connectivity index (χ1v) is 6.34. The molecule has 0 spiro atoms. The summed E-state index contributed by atoms with van der Waals surface area (Å²) in [5.74, 6) is 3.24. The van der Waals surface area contributed by atoms with Gasteiger partial charge in [-0.25, -0.2) is 0 Å². The molecule has 1 atom stereocenters. The molecule has 19 heavy (non-hydrogen) atoms. The summed E-state index contributed by atoms with van der Waals surface area (Å²) in [5.41, 5.74) is 1.52. The van der Waals surface area contributed by atoms with E-state index in [9.17, 15) is 5.11 Å². The number of benzene rings is 1. The van der Waals surface area contributed by atoms with E-state index >= 15 is 0 Å². The number of nitrogens with one attached hydrogen (secondary N) is 1. The largest absolute Gasteiger partial charge is 0.490 e. The maximum absolute atomic E-state index is 9.80. The van der Waals surface area contributed by atoms with Crippen molar-refractivity contribution in [3.05, 3.63) is 35.9 Å². The van der Waals surface area contributed by atoms with Crippen molar-refractivity contribution in [2.45, 2.75) is 26.0 Å². The number of aliphatic hydroxyl groups excluding tert-OH is 1. The van der Waals surface area contributed by atoms with Crippen LogP contribution in [0.3, 0.4) is 0 Å². The number of terminal acetylenes is 1. The lowest BCUT2D eigenvalue weighted by Crippen LogP contribution is -2.35. The fourth-order valence-electron chi connectivity index (χ4n) is 1.62. The SMILES string of the molecule is C#Cc1cccc(OCC(O)CNC(C)C)c1C=C. The van der Waals surface area contributed by atoms with E-state index in [0.29, 0.717) is 18.3 Å². The first-order valence-electron chi connectivity index (χ1n) is 6.34. The molecule has 0 fully saturated rings. The molecule has 0 saturated heterocycles. The van der Waals surface area contributed by atoms with Crippen LogP contribution in [0.1, 0.15) is 25.0 Å². The van der Waals surface area contributed by atoms with Gasteiger partial charge in [0.05, 0.1) is 0 Å². The van der Waals surface area contributed by atoms with Crippen LogP contribution in [-0.4, -0.2) is 30.4 Å². The van der Waals surface area contributed by atoms with Crippen molar-refractivity contribution in [2.75, 3.05) is 13.2 Å². The van der Waals surface area contributed by atoms with E-state index in [1.54, 1.807) is 6.08 Å². The second kappa shape index (κ2) is 7.63. The zero-order chi connectivity index (χ0) is 14.3. The van der Waals surface area contributed by atoms with Crippen molar-refractivity contribution >= 4 is 6.08 Å². The third kappa shape index (κ3) is 4.78. The zero-order valence-electron chi connectivity index (χ0n) is 11.5. The van der Waals surface area contributed by atoms with Crippen LogP contribution < -0.4 is 10.1 Å². The molecule has 102 valence electrons. The van der Waals surface area contributed by atoms with Gasteiger partial charge in [0.25, 0.3) is 0 Å². The van der Waals surface area contributed by atoms with E-state index in [1.807, 2.05) is 32.0 Å². The Morgan fingerprint density at radius 1 is 1.53 bits per heavy atom. The van der Waals surface area contributed by atoms with Gasteiger partial charge in [-0.3, -0.25) is 0 Å². The molecular weight excluding hydrogens is 238 g/mol. The van der Waals surface area contributed by atoms with Gasteiger partial charge in [-0.2, -0.15) is 0 Å². The van der Waals surface area contributed by atoms with Gasteiger partial charge in [0.2, 0.25) is 0 Å². The molecule has 0 saturated carbocycles. The Labute approximate surface area is 115 Å². The number of aliphatic hydroxyl groups is 1. The van der Waals surface area contributed by atoms with Gasteiger partial charge < -0.3 is 15.2 Å². The van der Waals surface area contributed by atoms with Gasteiger partial charge >= 0.3 is 0 Å². The molecule has 3 nitrogen and oxygen atoms in total. The Hall–Kier alpha value is -1.76. The first-order chi connectivity index (χ1) is 9.08. The van der Waals surface area contributed by atoms with Crippen LogP contribution in [0.2, 0.25) is 0 Å². The average Bonchev–Trinajstić information content (AvgIpc) is 2.42. The Kier molecular flexibility index (Phi) is 6.14. The molecule has 1 aromatic rings. The predicted octanol–water partition coefficient (Wildman–Crippen LogP) is 2.05. The van der Waals surface area contributed by atoms with Gasteiger partial charge in [-0.05, 0) is 12.1 Å². The van der Waals surface area contributed by atoms with Gasteiger partial charge in [-0.15, -0.1) is 6.42 Å². The fourth-order valence-corrected chi connectivity index (χ4v) is 1.62. The number of hydrogen-bond donors (Lipinski definition) is 2. The van der Waals surface area contributed by atoms with E-state index in [0.717, 1.165) is 11.1 Å². The number of ether oxygens (including phenoxy) is 1. The minimum Gasteiger partial charge on any atom is -0.490 e. The third-order valence-corrected chi connectivity index (χ3v) is 2.62. The zero-order valence-corrected chi connectivity index (χ0v) is 11.5. The standard InChI is InChI=1S/C16H21NO2/c1-5-13-8-7-9-16(15(13)6-2)19-11-14(18)10-17-12(3)4/h1,6-9,12,14,17-18H,2,10-11H2,3-4H3. The molecule has 0 bridgehead atoms. The smallest absolute Gasteiger partial charge is 0.127 e. The van der Waals surface area contributed by atoms with Gasteiger partial charge in [0.15, 0.2) is 0 Å². The summed E-state index contributed by atoms with van der Waals surface area (Å²) in [6.07, 6.45) is 6.53. The summed E-state index contributed by atoms with van der Waals surface area (Å²) in [4.78, 5) is 0. The highest BCUT2D eigenvalue weighted by atomic mass is 16.5. The van der Waals surface area contributed by atoms with Gasteiger partial charge in [-0.1, -0.05) is 38.5 Å². The number of rotatable bonds is 7. The topological polar surface area (TPSA) is 41.5 Å². The van der Waals surface area contributed by atoms with Crippen LogP contribution >= 0.6 is 0 Å². The fraction of sp³-hybridized carbons (Fsp3) is 0.375. The summed E-state index contributed by atoms with van der Waals surface area (Å²) in [7, 11) is 0. The van der Waals surface area contributed by atoms with E-state index in [-0.39, 0.29) is 6.61 Å². The quantitative estimate of drug-likeness (QED) is 0.736. The van der Waals surface area contributed by atoms with E-state index in [4.69, 9.17) is 11.2 Å². The van der Waals surface area contributed by atoms with Crippen LogP contribution in [0.25, 0.3) is 6.08 Å². The highest BCUT2D eigenvalue weighted by molar-refractivity contribution is 5.64. The maximum Gasteiger partial charge on any atom is 0.127 e. The molecule has 0 aliphatic carbocycles. The molecular formula is C16H21NO2. The molecule has 0 aromatic heterocycles. The third-order valence-electron chi connectivity index (χ3n) is 2.62. The van der Waals surface area contributed by atoms with E-state index in [1.165, 1.54) is 0 Å². The lowest BCUT2D eigenvalue weighted by molar-refractivity contribution is 0.104. The second-order valence-corrected chi connectivity index (χ2v) is 4.59. The molecule has 1 aromatic carbocycles. The Morgan fingerprint density at radius 3 is 2.84 bits per heavy atom. The van der Waals surface area contributed by atoms with Crippen LogP contribution in [0.4, 0.5) is 0 Å². The van der Waals surface area contributed by atoms with Gasteiger partial charge in [0, 0.05) is 23.7 Å². The predicted molar refractivity (Wildman–Crippen MR) is 79.1 cm³/mol. The highest BCUT2D eigenvalue weighted by Crippen LogP contribution is 2.23. The van der Waals surface area contributed by atoms with Crippen molar-refractivity contribution in [2.24, 2.45) is 0 Å². The summed E-state index contributed by atoms with van der Waals surface area (Å²) in [5, 5.41) is 12.9. The Morgan fingerprint density at radius 2 is 2.26 bits per heavy atom. The lowest BCUT2D eigenvalue weighted by Gasteiger charge is -2.16. The van der Waals surface area contributed by atoms with Crippen molar-refractivity contribution < 1.29 is 9.84 Å². The van der Waals surface area contributed by atoms with E-state index < -0.39 is 6.10 Å². The van der Waals surface area contributed by atoms with Crippen LogP contribution in [0.15, 0.2) is 24.8 Å². The number of hydrogen-bond acceptors (Lipinski definition) is 3. The molecule has 0 aliphatic heterocycles. The average molecular weight is 259 g/mol. The second-order valence-electron chi connectivity index (χ2n) is 4.59. The summed E-state index contributed by atoms with van der Waals surface area (Å²) >= 11 is 0. The first kappa shape index (κ1) is 15.3. The monoisotopic (exact) mass is 259 g/mol. The van der Waals surface area contributed by atoms with Gasteiger partial charge in [0.1, 0.15) is 18.5 Å². The van der Waals surface area contributed by atoms with Crippen LogP contribution in [0.5, 0.6) is 5.75 Å². The van der Waals surface area contributed by atoms with E-state index in [2.05, 4.69) is 17.8 Å². The molecule has 1 rings (SSSR count). The molecule has 3 heteroatoms. The molecule has 0 aliphatic rings. The summed E-state index contributed by atoms with van der Waals surface area (Å²) in [6, 6.07) is 5.82. The summed E-state index contributed by atoms with van der Waals surface area (Å²) in [6.45, 7) is 8.50. The van der Waals surface area contributed by atoms with Crippen LogP contribution in [0, 0.1) is 12.3 Å². The minimum atomic E-state index is -0.561. The maximum atomic E-state index is 9.80. The summed E-state index contributed by atoms with van der Waals surface area (Å²) < 4.78 is 5.61. The molecule has 0 heterocycles. The van der Waals surface area contributed by atoms with Crippen molar-refractivity contribution in [1.82, 2.24) is 5.32 Å². The molecule has 0 radical (unpaired) electrons. The van der Waals surface area contributed by atoms with Crippen molar-refractivity contribution in [3.63, 3.8) is 0 Å². The van der Waals surface area contributed by atoms with Crippen LogP contribution in [-0.2, 0) is 0 Å². The molecule has 2 N–H and O–H groups in total. The molecule has 1 unspecified atom stereocenters.